The van der Waals surface area contributed by atoms with Crippen LogP contribution < -0.4 is 5.73 Å². The fourth-order valence-corrected chi connectivity index (χ4v) is 2.20. The molecule has 0 aliphatic carbocycles. The molecule has 76 valence electrons. The van der Waals surface area contributed by atoms with E-state index in [-0.39, 0.29) is 0 Å². The summed E-state index contributed by atoms with van der Waals surface area (Å²) >= 11 is 3.45. The Morgan fingerprint density at radius 1 is 1.36 bits per heavy atom. The molecule has 2 rings (SSSR count). The predicted octanol–water partition coefficient (Wildman–Crippen LogP) is 2.15. The van der Waals surface area contributed by atoms with Gasteiger partial charge in [-0.15, -0.1) is 0 Å². The van der Waals surface area contributed by atoms with Crippen LogP contribution in [0, 0.1) is 0 Å². The van der Waals surface area contributed by atoms with E-state index in [9.17, 15) is 0 Å². The topological polar surface area (TPSA) is 29.3 Å². The highest BCUT2D eigenvalue weighted by Crippen LogP contribution is 2.32. The van der Waals surface area contributed by atoms with Crippen LogP contribution in [0.4, 0.5) is 0 Å². The van der Waals surface area contributed by atoms with Crippen molar-refractivity contribution in [2.24, 2.45) is 5.73 Å². The average Bonchev–Trinajstić information content (AvgIpc) is 2.16. The van der Waals surface area contributed by atoms with Gasteiger partial charge in [-0.25, -0.2) is 0 Å². The Morgan fingerprint density at radius 2 is 2.07 bits per heavy atom. The zero-order valence-electron chi connectivity index (χ0n) is 8.12. The van der Waals surface area contributed by atoms with E-state index in [2.05, 4.69) is 45.1 Å². The fourth-order valence-electron chi connectivity index (χ4n) is 1.94. The highest BCUT2D eigenvalue weighted by Gasteiger charge is 2.27. The van der Waals surface area contributed by atoms with Gasteiger partial charge < -0.3 is 5.73 Å². The summed E-state index contributed by atoms with van der Waals surface area (Å²) in [6.07, 6.45) is 1.27. The summed E-state index contributed by atoms with van der Waals surface area (Å²) in [4.78, 5) is 2.43. The molecule has 1 unspecified atom stereocenters. The van der Waals surface area contributed by atoms with Crippen molar-refractivity contribution in [3.05, 3.63) is 34.3 Å². The number of nitrogens with zero attached hydrogens (tertiary/aromatic N) is 1. The first-order valence-electron chi connectivity index (χ1n) is 5.01. The molecule has 0 radical (unpaired) electrons. The first kappa shape index (κ1) is 10.1. The molecule has 2 nitrogen and oxygen atoms in total. The van der Waals surface area contributed by atoms with E-state index in [0.29, 0.717) is 6.04 Å². The number of halogens is 1. The minimum absolute atomic E-state index is 0.603. The Labute approximate surface area is 93.2 Å². The molecule has 1 aromatic rings. The average molecular weight is 255 g/mol. The summed E-state index contributed by atoms with van der Waals surface area (Å²) in [6, 6.07) is 9.20. The highest BCUT2D eigenvalue weighted by atomic mass is 79.9. The van der Waals surface area contributed by atoms with Crippen molar-refractivity contribution in [2.75, 3.05) is 19.6 Å². The highest BCUT2D eigenvalue weighted by molar-refractivity contribution is 9.10. The van der Waals surface area contributed by atoms with E-state index >= 15 is 0 Å². The summed E-state index contributed by atoms with van der Waals surface area (Å²) in [5.74, 6) is 0. The van der Waals surface area contributed by atoms with Crippen molar-refractivity contribution in [3.63, 3.8) is 0 Å². The summed E-state index contributed by atoms with van der Waals surface area (Å²) in [5.41, 5.74) is 6.96. The third-order valence-electron chi connectivity index (χ3n) is 2.80. The molecule has 1 aliphatic heterocycles. The maximum Gasteiger partial charge on any atom is 0.0360 e. The molecule has 1 aliphatic rings. The molecule has 1 fully saturated rings. The molecule has 1 heterocycles. The van der Waals surface area contributed by atoms with E-state index < -0.39 is 0 Å². The second-order valence-electron chi connectivity index (χ2n) is 3.68. The van der Waals surface area contributed by atoms with E-state index in [4.69, 9.17) is 5.73 Å². The van der Waals surface area contributed by atoms with Crippen molar-refractivity contribution >= 4 is 15.9 Å². The van der Waals surface area contributed by atoms with Gasteiger partial charge in [-0.3, -0.25) is 4.90 Å². The van der Waals surface area contributed by atoms with E-state index in [1.807, 2.05) is 0 Å². The van der Waals surface area contributed by atoms with Gasteiger partial charge in [0.2, 0.25) is 0 Å². The number of nitrogens with two attached hydrogens (primary N) is 1. The molecule has 0 spiro atoms. The van der Waals surface area contributed by atoms with Crippen LogP contribution in [0.3, 0.4) is 0 Å². The number of rotatable bonds is 3. The van der Waals surface area contributed by atoms with Crippen LogP contribution >= 0.6 is 15.9 Å². The Kier molecular flexibility index (Phi) is 3.21. The molecule has 14 heavy (non-hydrogen) atoms. The number of hydrogen-bond donors (Lipinski definition) is 1. The molecule has 0 aromatic heterocycles. The van der Waals surface area contributed by atoms with Gasteiger partial charge in [0, 0.05) is 30.1 Å². The SMILES string of the molecule is NCCN1CCC1c1ccc(Br)cc1. The Morgan fingerprint density at radius 3 is 2.57 bits per heavy atom. The summed E-state index contributed by atoms with van der Waals surface area (Å²) in [6.45, 7) is 2.96. The lowest BCUT2D eigenvalue weighted by atomic mass is 9.95. The number of hydrogen-bond acceptors (Lipinski definition) is 2. The normalized spacial score (nSPS) is 22.0. The molecular formula is C11H15BrN2. The third kappa shape index (κ3) is 2.00. The lowest BCUT2D eigenvalue weighted by molar-refractivity contribution is 0.0951. The van der Waals surface area contributed by atoms with Crippen LogP contribution in [0.25, 0.3) is 0 Å². The van der Waals surface area contributed by atoms with E-state index in [1.54, 1.807) is 0 Å². The minimum Gasteiger partial charge on any atom is -0.329 e. The van der Waals surface area contributed by atoms with Gasteiger partial charge in [-0.05, 0) is 24.1 Å². The van der Waals surface area contributed by atoms with Gasteiger partial charge in [0.1, 0.15) is 0 Å². The fraction of sp³-hybridized carbons (Fsp3) is 0.455. The van der Waals surface area contributed by atoms with Crippen LogP contribution in [0.1, 0.15) is 18.0 Å². The zero-order valence-corrected chi connectivity index (χ0v) is 9.70. The predicted molar refractivity (Wildman–Crippen MR) is 62.1 cm³/mol. The number of benzene rings is 1. The molecule has 1 saturated heterocycles. The van der Waals surface area contributed by atoms with Crippen LogP contribution in [-0.4, -0.2) is 24.5 Å². The quantitative estimate of drug-likeness (QED) is 0.896. The first-order chi connectivity index (χ1) is 6.81. The number of likely N-dealkylation sites (tertiary alicyclic amines) is 1. The molecule has 0 saturated carbocycles. The van der Waals surface area contributed by atoms with E-state index in [0.717, 1.165) is 17.6 Å². The Balaban J connectivity index is 2.04. The lowest BCUT2D eigenvalue weighted by Gasteiger charge is -2.41. The second-order valence-corrected chi connectivity index (χ2v) is 4.60. The van der Waals surface area contributed by atoms with Crippen LogP contribution in [-0.2, 0) is 0 Å². The maximum atomic E-state index is 5.55. The largest absolute Gasteiger partial charge is 0.329 e. The van der Waals surface area contributed by atoms with Crippen LogP contribution in [0.2, 0.25) is 0 Å². The standard InChI is InChI=1S/C11H15BrN2/c12-10-3-1-9(2-4-10)11-5-7-14(11)8-6-13/h1-4,11H,5-8,13H2. The second kappa shape index (κ2) is 4.43. The smallest absolute Gasteiger partial charge is 0.0360 e. The molecule has 3 heteroatoms. The Hall–Kier alpha value is -0.380. The molecule has 2 N–H and O–H groups in total. The Bertz CT molecular complexity index is 297. The molecular weight excluding hydrogens is 240 g/mol. The van der Waals surface area contributed by atoms with Crippen molar-refractivity contribution in [2.45, 2.75) is 12.5 Å². The maximum absolute atomic E-state index is 5.55. The van der Waals surface area contributed by atoms with Gasteiger partial charge >= 0.3 is 0 Å². The van der Waals surface area contributed by atoms with Gasteiger partial charge in [-0.2, -0.15) is 0 Å². The zero-order chi connectivity index (χ0) is 9.97. The van der Waals surface area contributed by atoms with E-state index in [1.165, 1.54) is 18.5 Å². The van der Waals surface area contributed by atoms with Gasteiger partial charge in [0.15, 0.2) is 0 Å². The summed E-state index contributed by atoms with van der Waals surface area (Å²) < 4.78 is 1.14. The van der Waals surface area contributed by atoms with Gasteiger partial charge in [0.25, 0.3) is 0 Å². The minimum atomic E-state index is 0.603. The molecule has 0 bridgehead atoms. The van der Waals surface area contributed by atoms with Crippen molar-refractivity contribution < 1.29 is 0 Å². The van der Waals surface area contributed by atoms with Crippen molar-refractivity contribution in [1.29, 1.82) is 0 Å². The summed E-state index contributed by atoms with van der Waals surface area (Å²) in [5, 5.41) is 0. The van der Waals surface area contributed by atoms with Gasteiger partial charge in [-0.1, -0.05) is 28.1 Å². The monoisotopic (exact) mass is 254 g/mol. The first-order valence-corrected chi connectivity index (χ1v) is 5.80. The van der Waals surface area contributed by atoms with Gasteiger partial charge in [0.05, 0.1) is 0 Å². The molecule has 1 aromatic carbocycles. The van der Waals surface area contributed by atoms with Crippen LogP contribution in [0.5, 0.6) is 0 Å². The molecule has 0 amide bonds. The van der Waals surface area contributed by atoms with Crippen molar-refractivity contribution in [1.82, 2.24) is 4.90 Å². The van der Waals surface area contributed by atoms with Crippen molar-refractivity contribution in [3.8, 4) is 0 Å². The summed E-state index contributed by atoms with van der Waals surface area (Å²) in [7, 11) is 0. The third-order valence-corrected chi connectivity index (χ3v) is 3.33. The lowest BCUT2D eigenvalue weighted by Crippen LogP contribution is -2.43. The molecule has 1 atom stereocenters. The van der Waals surface area contributed by atoms with Crippen LogP contribution in [0.15, 0.2) is 28.7 Å².